The lowest BCUT2D eigenvalue weighted by Gasteiger charge is -2.24. The molecule has 2 aromatic carbocycles. The topological polar surface area (TPSA) is 117 Å². The third-order valence-corrected chi connectivity index (χ3v) is 7.27. The van der Waals surface area contributed by atoms with E-state index in [1.807, 2.05) is 0 Å². The van der Waals surface area contributed by atoms with Crippen LogP contribution in [0.2, 0.25) is 5.02 Å². The first-order chi connectivity index (χ1) is 18.7. The van der Waals surface area contributed by atoms with E-state index in [0.717, 1.165) is 23.5 Å². The van der Waals surface area contributed by atoms with Gasteiger partial charge in [-0.15, -0.1) is 0 Å². The lowest BCUT2D eigenvalue weighted by Crippen LogP contribution is -2.39. The maximum absolute atomic E-state index is 13.7. The minimum absolute atomic E-state index is 0.158. The molecule has 0 unspecified atom stereocenters. The van der Waals surface area contributed by atoms with E-state index in [0.29, 0.717) is 32.4 Å². The molecule has 0 radical (unpaired) electrons. The highest BCUT2D eigenvalue weighted by atomic mass is 35.5. The van der Waals surface area contributed by atoms with Crippen LogP contribution in [-0.2, 0) is 9.53 Å². The molecule has 2 aromatic heterocycles. The van der Waals surface area contributed by atoms with E-state index in [2.05, 4.69) is 4.99 Å². The summed E-state index contributed by atoms with van der Waals surface area (Å²) < 4.78 is 26.5. The number of nitrogens with zero attached hydrogens (tertiary/aromatic N) is 3. The first-order valence-electron chi connectivity index (χ1n) is 11.7. The third-order valence-electron chi connectivity index (χ3n) is 6.03. The summed E-state index contributed by atoms with van der Waals surface area (Å²) in [5.74, 6) is -0.968. The minimum Gasteiger partial charge on any atom is -0.463 e. The maximum atomic E-state index is 13.7. The number of allylic oxidation sites excluding steroid dienone is 1. The molecule has 0 saturated heterocycles. The minimum atomic E-state index is -0.954. The molecule has 0 fully saturated rings. The van der Waals surface area contributed by atoms with Crippen molar-refractivity contribution in [2.24, 2.45) is 4.99 Å². The van der Waals surface area contributed by atoms with Crippen molar-refractivity contribution in [1.29, 1.82) is 0 Å². The molecule has 39 heavy (non-hydrogen) atoms. The Labute approximate surface area is 228 Å². The number of ether oxygens (including phenoxy) is 1. The van der Waals surface area contributed by atoms with Gasteiger partial charge in [0.1, 0.15) is 11.5 Å². The van der Waals surface area contributed by atoms with Gasteiger partial charge in [-0.2, -0.15) is 4.39 Å². The van der Waals surface area contributed by atoms with Gasteiger partial charge in [-0.25, -0.2) is 9.79 Å². The molecule has 198 valence electrons. The third kappa shape index (κ3) is 4.93. The molecule has 5 rings (SSSR count). The van der Waals surface area contributed by atoms with Crippen LogP contribution in [0.4, 0.5) is 10.1 Å². The van der Waals surface area contributed by atoms with Gasteiger partial charge in [-0.1, -0.05) is 35.1 Å². The summed E-state index contributed by atoms with van der Waals surface area (Å²) in [6, 6.07) is 12.6. The molecule has 3 heterocycles. The molecule has 12 heteroatoms. The number of rotatable bonds is 6. The average Bonchev–Trinajstić information content (AvgIpc) is 3.48. The number of furan rings is 1. The van der Waals surface area contributed by atoms with Crippen molar-refractivity contribution in [3.05, 3.63) is 118 Å². The number of carbonyl (C=O) groups is 1. The molecule has 0 saturated carbocycles. The number of benzene rings is 2. The van der Waals surface area contributed by atoms with Crippen molar-refractivity contribution in [2.45, 2.75) is 19.9 Å². The number of fused-ring (bicyclic) bond motifs is 1. The van der Waals surface area contributed by atoms with Crippen LogP contribution >= 0.6 is 22.9 Å². The molecular formula is C27H19ClFN3O6S. The highest BCUT2D eigenvalue weighted by Crippen LogP contribution is 2.32. The lowest BCUT2D eigenvalue weighted by atomic mass is 9.96. The zero-order valence-corrected chi connectivity index (χ0v) is 22.1. The summed E-state index contributed by atoms with van der Waals surface area (Å²) >= 11 is 7.20. The Balaban J connectivity index is 1.61. The summed E-state index contributed by atoms with van der Waals surface area (Å²) in [4.78, 5) is 41.8. The van der Waals surface area contributed by atoms with Crippen LogP contribution in [0.25, 0.3) is 17.4 Å². The summed E-state index contributed by atoms with van der Waals surface area (Å²) in [5, 5.41) is 11.6. The Bertz CT molecular complexity index is 1840. The van der Waals surface area contributed by atoms with Crippen LogP contribution in [0.1, 0.15) is 31.2 Å². The van der Waals surface area contributed by atoms with Gasteiger partial charge in [0.2, 0.25) is 5.82 Å². The monoisotopic (exact) mass is 567 g/mol. The van der Waals surface area contributed by atoms with E-state index in [4.69, 9.17) is 20.8 Å². The molecule has 1 aliphatic rings. The number of halogens is 2. The fourth-order valence-corrected chi connectivity index (χ4v) is 5.43. The first kappa shape index (κ1) is 26.3. The summed E-state index contributed by atoms with van der Waals surface area (Å²) in [6.45, 7) is 3.54. The predicted molar refractivity (Wildman–Crippen MR) is 143 cm³/mol. The van der Waals surface area contributed by atoms with Crippen molar-refractivity contribution >= 4 is 40.7 Å². The summed E-state index contributed by atoms with van der Waals surface area (Å²) in [5.41, 5.74) is 0.567. The van der Waals surface area contributed by atoms with Crippen molar-refractivity contribution < 1.29 is 23.3 Å². The van der Waals surface area contributed by atoms with E-state index in [1.54, 1.807) is 50.2 Å². The molecule has 1 aliphatic heterocycles. The molecule has 0 spiro atoms. The zero-order chi connectivity index (χ0) is 27.8. The van der Waals surface area contributed by atoms with Gasteiger partial charge in [-0.05, 0) is 55.8 Å². The number of nitro benzene ring substituents is 1. The van der Waals surface area contributed by atoms with Crippen LogP contribution in [0.5, 0.6) is 0 Å². The highest BCUT2D eigenvalue weighted by molar-refractivity contribution is 7.07. The Hall–Kier alpha value is -4.35. The van der Waals surface area contributed by atoms with Crippen LogP contribution in [0.3, 0.4) is 0 Å². The van der Waals surface area contributed by atoms with Gasteiger partial charge in [0.05, 0.1) is 33.4 Å². The number of hydrogen-bond donors (Lipinski definition) is 0. The van der Waals surface area contributed by atoms with E-state index in [1.165, 1.54) is 16.7 Å². The van der Waals surface area contributed by atoms with Gasteiger partial charge >= 0.3 is 11.7 Å². The van der Waals surface area contributed by atoms with Crippen molar-refractivity contribution in [3.63, 3.8) is 0 Å². The summed E-state index contributed by atoms with van der Waals surface area (Å²) in [6.07, 6.45) is 1.52. The van der Waals surface area contributed by atoms with E-state index < -0.39 is 34.0 Å². The van der Waals surface area contributed by atoms with Crippen molar-refractivity contribution in [1.82, 2.24) is 4.57 Å². The average molecular weight is 568 g/mol. The number of nitro groups is 1. The second-order valence-electron chi connectivity index (χ2n) is 8.48. The van der Waals surface area contributed by atoms with Crippen LogP contribution in [-0.4, -0.2) is 22.1 Å². The largest absolute Gasteiger partial charge is 0.463 e. The Morgan fingerprint density at radius 2 is 2.00 bits per heavy atom. The Morgan fingerprint density at radius 3 is 2.69 bits per heavy atom. The number of aromatic nitrogens is 1. The lowest BCUT2D eigenvalue weighted by molar-refractivity contribution is -0.387. The summed E-state index contributed by atoms with van der Waals surface area (Å²) in [7, 11) is 0. The van der Waals surface area contributed by atoms with Crippen molar-refractivity contribution in [2.75, 3.05) is 6.61 Å². The molecule has 1 atom stereocenters. The van der Waals surface area contributed by atoms with E-state index >= 15 is 0 Å². The van der Waals surface area contributed by atoms with Crippen LogP contribution in [0.15, 0.2) is 80.1 Å². The Morgan fingerprint density at radius 1 is 1.26 bits per heavy atom. The normalized spacial score (nSPS) is 15.2. The molecule has 0 aliphatic carbocycles. The molecule has 0 amide bonds. The quantitative estimate of drug-likeness (QED) is 0.188. The van der Waals surface area contributed by atoms with E-state index in [9.17, 15) is 24.1 Å². The SMILES string of the molecule is CCOC(=O)C1=C(C)N=c2s/c(=C\c3ccc(-c4ccc(F)c([N+](=O)[O-])c4)o3)c(=O)n2[C@H]1c1ccc(Cl)cc1. The second kappa shape index (κ2) is 10.4. The maximum Gasteiger partial charge on any atom is 0.338 e. The first-order valence-corrected chi connectivity index (χ1v) is 12.9. The fourth-order valence-electron chi connectivity index (χ4n) is 4.27. The van der Waals surface area contributed by atoms with Gasteiger partial charge in [0.25, 0.3) is 5.56 Å². The van der Waals surface area contributed by atoms with E-state index in [-0.39, 0.29) is 22.5 Å². The molecule has 9 nitrogen and oxygen atoms in total. The van der Waals surface area contributed by atoms with Gasteiger partial charge in [0.15, 0.2) is 4.80 Å². The van der Waals surface area contributed by atoms with Gasteiger partial charge in [0, 0.05) is 22.7 Å². The molecule has 0 bridgehead atoms. The van der Waals surface area contributed by atoms with Gasteiger partial charge in [-0.3, -0.25) is 19.5 Å². The number of carbonyl (C=O) groups excluding carboxylic acids is 1. The smallest absolute Gasteiger partial charge is 0.338 e. The molecule has 0 N–H and O–H groups in total. The standard InChI is InChI=1S/C27H19ClFN3O6S/c1-3-37-26(34)23-14(2)30-27-31(24(23)15-4-7-17(28)8-5-15)25(33)22(39-27)13-18-9-11-21(38-18)16-6-10-19(29)20(12-16)32(35)36/h4-13,24H,3H2,1-2H3/b22-13-/t24-/m0/s1. The Kier molecular flexibility index (Phi) is 7.02. The number of hydrogen-bond acceptors (Lipinski definition) is 8. The van der Waals surface area contributed by atoms with Gasteiger partial charge < -0.3 is 9.15 Å². The fraction of sp³-hybridized carbons (Fsp3) is 0.148. The second-order valence-corrected chi connectivity index (χ2v) is 9.92. The zero-order valence-electron chi connectivity index (χ0n) is 20.5. The molecular weight excluding hydrogens is 549 g/mol. The van der Waals surface area contributed by atoms with Crippen LogP contribution in [0, 0.1) is 15.9 Å². The number of thiazole rings is 1. The predicted octanol–water partition coefficient (Wildman–Crippen LogP) is 4.76. The number of esters is 1. The van der Waals surface area contributed by atoms with Crippen molar-refractivity contribution in [3.8, 4) is 11.3 Å². The van der Waals surface area contributed by atoms with Crippen LogP contribution < -0.4 is 14.9 Å². The highest BCUT2D eigenvalue weighted by Gasteiger charge is 2.33. The molecule has 4 aromatic rings.